The lowest BCUT2D eigenvalue weighted by atomic mass is 10.2. The standard InChI is InChI=1S/C23H18I2N6O2S/c24-19-11-18(22(20(25)12-19)33-14-16-7-3-1-4-8-16)13-26-27-21(32)15-34-31-23(28-29-30-31)17-9-5-2-6-10-17/h1-13H,14-15H2,(H,27,32)/b26-13-. The Hall–Kier alpha value is -2.52. The molecule has 8 nitrogen and oxygen atoms in total. The van der Waals surface area contributed by atoms with Gasteiger partial charge in [0, 0.05) is 14.7 Å². The molecule has 0 atom stereocenters. The highest BCUT2D eigenvalue weighted by Gasteiger charge is 2.12. The third kappa shape index (κ3) is 6.76. The molecule has 0 bridgehead atoms. The molecular formula is C23H18I2N6O2S. The molecule has 0 spiro atoms. The van der Waals surface area contributed by atoms with Crippen molar-refractivity contribution in [1.29, 1.82) is 0 Å². The molecule has 0 aliphatic carbocycles. The molecule has 0 aliphatic rings. The summed E-state index contributed by atoms with van der Waals surface area (Å²) in [5.41, 5.74) is 5.29. The number of rotatable bonds is 9. The van der Waals surface area contributed by atoms with Gasteiger partial charge in [0.1, 0.15) is 12.4 Å². The van der Waals surface area contributed by atoms with Crippen molar-refractivity contribution in [2.75, 3.05) is 5.75 Å². The van der Waals surface area contributed by atoms with E-state index in [4.69, 9.17) is 4.74 Å². The second kappa shape index (κ2) is 12.3. The first-order valence-corrected chi connectivity index (χ1v) is 13.1. The smallest absolute Gasteiger partial charge is 0.251 e. The molecule has 34 heavy (non-hydrogen) atoms. The number of hydrazone groups is 1. The van der Waals surface area contributed by atoms with Crippen LogP contribution in [-0.2, 0) is 11.4 Å². The van der Waals surface area contributed by atoms with Crippen LogP contribution in [0, 0.1) is 7.14 Å². The lowest BCUT2D eigenvalue weighted by Crippen LogP contribution is -2.20. The lowest BCUT2D eigenvalue weighted by molar-refractivity contribution is -0.118. The number of halogens is 2. The number of ether oxygens (including phenoxy) is 1. The van der Waals surface area contributed by atoms with Crippen molar-refractivity contribution >= 4 is 69.3 Å². The van der Waals surface area contributed by atoms with E-state index in [0.29, 0.717) is 12.4 Å². The molecule has 0 radical (unpaired) electrons. The summed E-state index contributed by atoms with van der Waals surface area (Å²) in [6.45, 7) is 0.441. The normalized spacial score (nSPS) is 11.0. The van der Waals surface area contributed by atoms with Crippen LogP contribution in [0.1, 0.15) is 11.1 Å². The Morgan fingerprint density at radius 1 is 1.09 bits per heavy atom. The highest BCUT2D eigenvalue weighted by molar-refractivity contribution is 14.1. The summed E-state index contributed by atoms with van der Waals surface area (Å²) in [7, 11) is 0. The minimum atomic E-state index is -0.275. The number of benzene rings is 3. The number of carbonyl (C=O) groups excluding carboxylic acids is 1. The van der Waals surface area contributed by atoms with Crippen LogP contribution in [0.25, 0.3) is 11.4 Å². The van der Waals surface area contributed by atoms with Gasteiger partial charge in [0.05, 0.1) is 15.5 Å². The van der Waals surface area contributed by atoms with Gasteiger partial charge in [-0.25, -0.2) is 5.43 Å². The largest absolute Gasteiger partial charge is 0.487 e. The quantitative estimate of drug-likeness (QED) is 0.154. The van der Waals surface area contributed by atoms with Gasteiger partial charge in [-0.2, -0.15) is 9.19 Å². The van der Waals surface area contributed by atoms with Gasteiger partial charge in [-0.15, -0.1) is 5.10 Å². The first-order valence-electron chi connectivity index (χ1n) is 10.0. The summed E-state index contributed by atoms with van der Waals surface area (Å²) < 4.78 is 9.61. The Labute approximate surface area is 228 Å². The summed E-state index contributed by atoms with van der Waals surface area (Å²) >= 11 is 5.67. The van der Waals surface area contributed by atoms with E-state index in [2.05, 4.69) is 71.2 Å². The molecule has 0 saturated carbocycles. The third-order valence-corrected chi connectivity index (χ3v) is 6.75. The van der Waals surface area contributed by atoms with Crippen molar-refractivity contribution in [3.63, 3.8) is 0 Å². The van der Waals surface area contributed by atoms with Crippen molar-refractivity contribution < 1.29 is 9.53 Å². The number of tetrazole rings is 1. The molecule has 11 heteroatoms. The van der Waals surface area contributed by atoms with Crippen LogP contribution in [0.5, 0.6) is 5.75 Å². The highest BCUT2D eigenvalue weighted by Crippen LogP contribution is 2.28. The van der Waals surface area contributed by atoms with Gasteiger partial charge in [-0.05, 0) is 85.3 Å². The number of carbonyl (C=O) groups is 1. The van der Waals surface area contributed by atoms with Crippen molar-refractivity contribution in [3.8, 4) is 17.1 Å². The Kier molecular flexibility index (Phi) is 8.87. The summed E-state index contributed by atoms with van der Waals surface area (Å²) in [4.78, 5) is 12.3. The summed E-state index contributed by atoms with van der Waals surface area (Å²) in [5, 5.41) is 15.8. The fourth-order valence-electron chi connectivity index (χ4n) is 2.91. The van der Waals surface area contributed by atoms with E-state index in [1.165, 1.54) is 16.0 Å². The van der Waals surface area contributed by atoms with Crippen LogP contribution in [0.2, 0.25) is 0 Å². The minimum Gasteiger partial charge on any atom is -0.487 e. The lowest BCUT2D eigenvalue weighted by Gasteiger charge is -2.12. The van der Waals surface area contributed by atoms with E-state index in [0.717, 1.165) is 29.6 Å². The van der Waals surface area contributed by atoms with E-state index in [1.807, 2.05) is 72.8 Å². The van der Waals surface area contributed by atoms with Crippen molar-refractivity contribution in [2.45, 2.75) is 6.61 Å². The minimum absolute atomic E-state index is 0.101. The Morgan fingerprint density at radius 3 is 2.59 bits per heavy atom. The number of hydrogen-bond acceptors (Lipinski definition) is 7. The van der Waals surface area contributed by atoms with Crippen molar-refractivity contribution in [3.05, 3.63) is 91.1 Å². The third-order valence-electron chi connectivity index (χ3n) is 4.45. The van der Waals surface area contributed by atoms with Gasteiger partial charge in [-0.1, -0.05) is 60.7 Å². The van der Waals surface area contributed by atoms with E-state index < -0.39 is 0 Å². The molecule has 0 saturated heterocycles. The zero-order valence-electron chi connectivity index (χ0n) is 17.6. The van der Waals surface area contributed by atoms with Gasteiger partial charge in [0.15, 0.2) is 5.82 Å². The second-order valence-electron chi connectivity index (χ2n) is 6.89. The maximum absolute atomic E-state index is 12.3. The molecule has 172 valence electrons. The van der Waals surface area contributed by atoms with Gasteiger partial charge in [-0.3, -0.25) is 4.79 Å². The Balaban J connectivity index is 1.37. The van der Waals surface area contributed by atoms with Crippen molar-refractivity contribution in [1.82, 2.24) is 25.0 Å². The molecule has 4 aromatic rings. The second-order valence-corrected chi connectivity index (χ2v) is 10.2. The van der Waals surface area contributed by atoms with Crippen molar-refractivity contribution in [2.24, 2.45) is 5.10 Å². The highest BCUT2D eigenvalue weighted by atomic mass is 127. The molecule has 1 heterocycles. The Bertz CT molecular complexity index is 1290. The summed E-state index contributed by atoms with van der Waals surface area (Å²) in [6, 6.07) is 23.5. The predicted molar refractivity (Wildman–Crippen MR) is 149 cm³/mol. The van der Waals surface area contributed by atoms with Crippen LogP contribution >= 0.6 is 57.1 Å². The van der Waals surface area contributed by atoms with Gasteiger partial charge >= 0.3 is 0 Å². The summed E-state index contributed by atoms with van der Waals surface area (Å²) in [6.07, 6.45) is 1.60. The maximum Gasteiger partial charge on any atom is 0.251 e. The van der Waals surface area contributed by atoms with Gasteiger partial charge in [0.2, 0.25) is 0 Å². The Morgan fingerprint density at radius 2 is 1.82 bits per heavy atom. The zero-order valence-corrected chi connectivity index (χ0v) is 22.8. The number of amides is 1. The molecular weight excluding hydrogens is 678 g/mol. The monoisotopic (exact) mass is 696 g/mol. The van der Waals surface area contributed by atoms with Crippen LogP contribution < -0.4 is 10.2 Å². The molecule has 3 aromatic carbocycles. The predicted octanol–water partition coefficient (Wildman–Crippen LogP) is 4.77. The van der Waals surface area contributed by atoms with E-state index in [-0.39, 0.29) is 11.7 Å². The van der Waals surface area contributed by atoms with Gasteiger partial charge in [0.25, 0.3) is 5.91 Å². The van der Waals surface area contributed by atoms with Crippen LogP contribution in [0.15, 0.2) is 77.9 Å². The zero-order chi connectivity index (χ0) is 23.8. The topological polar surface area (TPSA) is 94.3 Å². The molecule has 1 N–H and O–H groups in total. The van der Waals surface area contributed by atoms with E-state index in [9.17, 15) is 4.79 Å². The molecule has 1 aromatic heterocycles. The maximum atomic E-state index is 12.3. The average Bonchev–Trinajstić information content (AvgIpc) is 3.32. The van der Waals surface area contributed by atoms with Crippen LogP contribution in [0.3, 0.4) is 0 Å². The first kappa shape index (κ1) is 24.6. The molecule has 0 fully saturated rings. The van der Waals surface area contributed by atoms with E-state index in [1.54, 1.807) is 6.21 Å². The molecule has 0 aliphatic heterocycles. The number of nitrogens with zero attached hydrogens (tertiary/aromatic N) is 5. The SMILES string of the molecule is O=C(CSn1nnnc1-c1ccccc1)N/N=C\c1cc(I)cc(I)c1OCc1ccccc1. The number of hydrogen-bond donors (Lipinski definition) is 1. The van der Waals surface area contributed by atoms with Crippen LogP contribution in [0.4, 0.5) is 0 Å². The molecule has 4 rings (SSSR count). The first-order chi connectivity index (χ1) is 16.6. The average molecular weight is 696 g/mol. The fraction of sp³-hybridized carbons (Fsp3) is 0.0870. The van der Waals surface area contributed by atoms with Gasteiger partial charge < -0.3 is 4.74 Å². The van der Waals surface area contributed by atoms with Crippen LogP contribution in [-0.4, -0.2) is 37.5 Å². The fourth-order valence-corrected chi connectivity index (χ4v) is 5.60. The molecule has 0 unspecified atom stereocenters. The number of nitrogens with one attached hydrogen (secondary N) is 1. The van der Waals surface area contributed by atoms with E-state index >= 15 is 0 Å². The molecule has 1 amide bonds. The number of aromatic nitrogens is 4. The summed E-state index contributed by atoms with van der Waals surface area (Å²) in [5.74, 6) is 1.13.